The molecule has 0 aliphatic carbocycles. The number of hydrogen-bond acceptors (Lipinski definition) is 5. The molecule has 5 rings (SSSR count). The van der Waals surface area contributed by atoms with Gasteiger partial charge in [-0.25, -0.2) is 9.56 Å². The van der Waals surface area contributed by atoms with Crippen LogP contribution in [0.5, 0.6) is 0 Å². The Bertz CT molecular complexity index is 1760. The van der Waals surface area contributed by atoms with Crippen LogP contribution in [-0.2, 0) is 21.5 Å². The molecule has 0 saturated heterocycles. The van der Waals surface area contributed by atoms with E-state index >= 15 is 0 Å². The van der Waals surface area contributed by atoms with E-state index in [2.05, 4.69) is 100 Å². The molecule has 0 bridgehead atoms. The number of nitrogens with zero attached hydrogens (tertiary/aromatic N) is 5. The van der Waals surface area contributed by atoms with E-state index in [9.17, 15) is 9.59 Å². The molecule has 0 spiro atoms. The second-order valence-corrected chi connectivity index (χ2v) is 16.5. The lowest BCUT2D eigenvalue weighted by atomic mass is 9.80. The van der Waals surface area contributed by atoms with Crippen molar-refractivity contribution in [3.05, 3.63) is 81.8 Å². The fraction of sp³-hybridized carbons (Fsp3) is 0.537. The second kappa shape index (κ2) is 15.8. The van der Waals surface area contributed by atoms with Crippen molar-refractivity contribution in [3.8, 4) is 0 Å². The van der Waals surface area contributed by atoms with Crippen LogP contribution >= 0.6 is 11.6 Å². The predicted octanol–water partition coefficient (Wildman–Crippen LogP) is 8.00. The average molecular weight is 718 g/mol. The summed E-state index contributed by atoms with van der Waals surface area (Å²) in [5.41, 5.74) is 6.55. The molecule has 0 radical (unpaired) electrons. The first kappa shape index (κ1) is 38.4. The number of unbranched alkanes of at least 4 members (excludes halogenated alkanes) is 4. The normalized spacial score (nSPS) is 21.5. The highest BCUT2D eigenvalue weighted by Gasteiger charge is 2.43. The molecule has 10 heteroatoms. The van der Waals surface area contributed by atoms with Crippen molar-refractivity contribution in [1.82, 2.24) is 4.90 Å². The lowest BCUT2D eigenvalue weighted by molar-refractivity contribution is -0.882. The highest BCUT2D eigenvalue weighted by molar-refractivity contribution is 6.32. The number of quaternary nitrogens is 1. The van der Waals surface area contributed by atoms with E-state index in [1.54, 1.807) is 0 Å². The maximum absolute atomic E-state index is 10.9. The van der Waals surface area contributed by atoms with Gasteiger partial charge in [-0.05, 0) is 81.6 Å². The summed E-state index contributed by atoms with van der Waals surface area (Å²) >= 11 is 7.24. The maximum atomic E-state index is 10.9. The number of fused-ring (bicyclic) bond motifs is 2. The third-order valence-corrected chi connectivity index (χ3v) is 11.3. The Balaban J connectivity index is 1.31. The van der Waals surface area contributed by atoms with E-state index in [0.29, 0.717) is 12.8 Å². The average Bonchev–Trinajstić information content (AvgIpc) is 3.48. The second-order valence-electron chi connectivity index (χ2n) is 16.1. The lowest BCUT2D eigenvalue weighted by Crippen LogP contribution is -2.45. The molecule has 0 aromatic carbocycles. The number of pyridine rings is 1. The standard InChI is InChI=1S/C41H54ClN5O4/c1-40(2)31-15-13-25-45(23-11-7-9-17-35(48)49)38(31)43-33(40)21-19-29-27-47(5,6)28-30(37(29)42)20-22-34-41(3,4)32-16-14-26-46(39(32)44-34)24-12-8-10-18-36(50)51/h13-16,19,21,25-26H,7-12,17-18,20,22-24,27-28H2,1-6H3/p+2/b29-19+,33-21+. The van der Waals surface area contributed by atoms with Crippen LogP contribution in [0.25, 0.3) is 0 Å². The van der Waals surface area contributed by atoms with Crippen molar-refractivity contribution >= 4 is 40.9 Å². The number of rotatable bonds is 16. The molecule has 0 fully saturated rings. The monoisotopic (exact) mass is 717 g/mol. The zero-order valence-corrected chi connectivity index (χ0v) is 32.1. The maximum Gasteiger partial charge on any atom is 0.327 e. The molecule has 0 amide bonds. The van der Waals surface area contributed by atoms with Crippen LogP contribution in [0.2, 0.25) is 0 Å². The fourth-order valence-electron chi connectivity index (χ4n) is 7.73. The summed E-state index contributed by atoms with van der Waals surface area (Å²) in [4.78, 5) is 34.4. The number of amidine groups is 1. The van der Waals surface area contributed by atoms with E-state index < -0.39 is 11.9 Å². The predicted molar refractivity (Wildman–Crippen MR) is 204 cm³/mol. The molecule has 1 aromatic heterocycles. The fourth-order valence-corrected chi connectivity index (χ4v) is 8.01. The van der Waals surface area contributed by atoms with Gasteiger partial charge in [-0.1, -0.05) is 44.0 Å². The molecule has 9 nitrogen and oxygen atoms in total. The minimum Gasteiger partial charge on any atom is -0.481 e. The zero-order valence-electron chi connectivity index (χ0n) is 31.3. The van der Waals surface area contributed by atoms with Crippen LogP contribution in [0, 0.1) is 5.41 Å². The minimum atomic E-state index is -0.738. The number of aromatic nitrogens is 1. The Labute approximate surface area is 308 Å². The number of aryl methyl sites for hydroxylation is 1. The van der Waals surface area contributed by atoms with Gasteiger partial charge < -0.3 is 19.6 Å². The van der Waals surface area contributed by atoms with Crippen LogP contribution in [0.4, 0.5) is 5.82 Å². The molecule has 1 aromatic rings. The van der Waals surface area contributed by atoms with E-state index in [1.165, 1.54) is 22.4 Å². The van der Waals surface area contributed by atoms with E-state index in [0.717, 1.165) is 97.1 Å². The molecule has 5 heterocycles. The number of hydrogen-bond donors (Lipinski definition) is 2. The summed E-state index contributed by atoms with van der Waals surface area (Å²) in [6.07, 6.45) is 19.8. The highest BCUT2D eigenvalue weighted by Crippen LogP contribution is 2.45. The third kappa shape index (κ3) is 8.98. The summed E-state index contributed by atoms with van der Waals surface area (Å²) in [6.45, 7) is 12.3. The zero-order chi connectivity index (χ0) is 37.0. The summed E-state index contributed by atoms with van der Waals surface area (Å²) in [5.74, 6) is 0.526. The largest absolute Gasteiger partial charge is 0.481 e. The van der Waals surface area contributed by atoms with Crippen LogP contribution in [0.3, 0.4) is 0 Å². The number of carboxylic acid groups (broad SMARTS) is 2. The lowest BCUT2D eigenvalue weighted by Gasteiger charge is -2.36. The molecule has 2 N–H and O–H groups in total. The molecule has 0 saturated carbocycles. The Kier molecular flexibility index (Phi) is 11.9. The SMILES string of the molecule is CC1(C)C2=CC=CN(CCCCCC(=O)O)C2=N/C1=C/C=C1\C[N+](C)(C)CC(CCC2=Nc3c(ccc[n+]3CCCCCC(=O)O)C2(C)C)=C1Cl. The number of carboxylic acids is 2. The Morgan fingerprint density at radius 3 is 2.35 bits per heavy atom. The topological polar surface area (TPSA) is 106 Å². The van der Waals surface area contributed by atoms with Crippen molar-refractivity contribution in [3.63, 3.8) is 0 Å². The van der Waals surface area contributed by atoms with Gasteiger partial charge in [0.05, 0.1) is 48.5 Å². The van der Waals surface area contributed by atoms with Gasteiger partial charge in [-0.15, -0.1) is 0 Å². The first-order chi connectivity index (χ1) is 24.1. The number of aliphatic carboxylic acids is 2. The van der Waals surface area contributed by atoms with Gasteiger partial charge in [0, 0.05) is 54.1 Å². The van der Waals surface area contributed by atoms with Crippen LogP contribution < -0.4 is 4.57 Å². The van der Waals surface area contributed by atoms with Crippen molar-refractivity contribution in [2.24, 2.45) is 15.4 Å². The van der Waals surface area contributed by atoms with E-state index in [4.69, 9.17) is 31.8 Å². The smallest absolute Gasteiger partial charge is 0.327 e. The van der Waals surface area contributed by atoms with Crippen molar-refractivity contribution in [1.29, 1.82) is 0 Å². The van der Waals surface area contributed by atoms with E-state index in [-0.39, 0.29) is 23.7 Å². The van der Waals surface area contributed by atoms with Gasteiger partial charge >= 0.3 is 17.8 Å². The summed E-state index contributed by atoms with van der Waals surface area (Å²) in [7, 11) is 4.52. The van der Waals surface area contributed by atoms with Crippen LogP contribution in [0.1, 0.15) is 97.5 Å². The Hall–Kier alpha value is -3.82. The van der Waals surface area contributed by atoms with Gasteiger partial charge in [0.2, 0.25) is 0 Å². The third-order valence-electron chi connectivity index (χ3n) is 10.8. The number of halogens is 1. The number of likely N-dealkylation sites (N-methyl/N-ethyl adjacent to an activating group) is 1. The van der Waals surface area contributed by atoms with Crippen molar-refractivity contribution < 1.29 is 28.9 Å². The molecular formula is C41H56ClN5O4+2. The van der Waals surface area contributed by atoms with Crippen LogP contribution in [-0.4, -0.2) is 76.8 Å². The van der Waals surface area contributed by atoms with Gasteiger partial charge in [0.25, 0.3) is 0 Å². The van der Waals surface area contributed by atoms with Gasteiger partial charge in [-0.3, -0.25) is 9.59 Å². The number of allylic oxidation sites excluding steroid dienone is 5. The van der Waals surface area contributed by atoms with E-state index in [1.807, 2.05) is 0 Å². The molecule has 4 aliphatic rings. The Morgan fingerprint density at radius 2 is 1.65 bits per heavy atom. The quantitative estimate of drug-likeness (QED) is 0.102. The van der Waals surface area contributed by atoms with Crippen molar-refractivity contribution in [2.45, 2.75) is 104 Å². The van der Waals surface area contributed by atoms with Crippen LogP contribution in [0.15, 0.2) is 86.3 Å². The molecule has 0 unspecified atom stereocenters. The summed E-state index contributed by atoms with van der Waals surface area (Å²) < 4.78 is 3.05. The van der Waals surface area contributed by atoms with Gasteiger partial charge in [0.1, 0.15) is 24.6 Å². The number of aliphatic imine (C=N–C) groups is 2. The highest BCUT2D eigenvalue weighted by atomic mass is 35.5. The summed E-state index contributed by atoms with van der Waals surface area (Å²) in [6, 6.07) is 4.29. The Morgan fingerprint density at radius 1 is 0.941 bits per heavy atom. The molecule has 0 atom stereocenters. The molecular weight excluding hydrogens is 662 g/mol. The summed E-state index contributed by atoms with van der Waals surface area (Å²) in [5, 5.41) is 18.8. The number of carbonyl (C=O) groups is 2. The van der Waals surface area contributed by atoms with Gasteiger partial charge in [-0.2, -0.15) is 0 Å². The molecule has 274 valence electrons. The first-order valence-electron chi connectivity index (χ1n) is 18.5. The molecule has 51 heavy (non-hydrogen) atoms. The van der Waals surface area contributed by atoms with Crippen molar-refractivity contribution in [2.75, 3.05) is 33.7 Å². The molecule has 4 aliphatic heterocycles. The first-order valence-corrected chi connectivity index (χ1v) is 18.9. The van der Waals surface area contributed by atoms with Gasteiger partial charge in [0.15, 0.2) is 0 Å². The minimum absolute atomic E-state index is 0.184.